The predicted molar refractivity (Wildman–Crippen MR) is 65.0 cm³/mol. The van der Waals surface area contributed by atoms with Crippen LogP contribution in [0.15, 0.2) is 23.1 Å². The molecule has 92 valence electrons. The minimum atomic E-state index is -3.71. The molecule has 1 aromatic rings. The molecule has 0 unspecified atom stereocenters. The Bertz CT molecular complexity index is 571. The summed E-state index contributed by atoms with van der Waals surface area (Å²) in [6.45, 7) is 0.542. The Hall–Kier alpha value is -1.27. The van der Waals surface area contributed by atoms with Crippen LogP contribution in [0.4, 0.5) is 10.5 Å². The lowest BCUT2D eigenvalue weighted by atomic mass is 10.2. The summed E-state index contributed by atoms with van der Waals surface area (Å²) in [4.78, 5) is 13.2. The van der Waals surface area contributed by atoms with Gasteiger partial charge < -0.3 is 5.32 Å². The molecular weight excluding hydrogens is 264 g/mol. The van der Waals surface area contributed by atoms with E-state index < -0.39 is 9.05 Å². The Labute approximate surface area is 104 Å². The number of benzene rings is 1. The van der Waals surface area contributed by atoms with E-state index in [2.05, 4.69) is 5.32 Å². The van der Waals surface area contributed by atoms with Crippen molar-refractivity contribution in [2.24, 2.45) is 0 Å². The van der Waals surface area contributed by atoms with Crippen molar-refractivity contribution < 1.29 is 13.2 Å². The molecule has 2 amide bonds. The third-order valence-electron chi connectivity index (χ3n) is 2.69. The summed E-state index contributed by atoms with van der Waals surface area (Å²) in [6.07, 6.45) is 0.628. The molecule has 0 bridgehead atoms. The molecule has 1 heterocycles. The first-order valence-corrected chi connectivity index (χ1v) is 7.31. The quantitative estimate of drug-likeness (QED) is 0.786. The van der Waals surface area contributed by atoms with Crippen LogP contribution in [-0.4, -0.2) is 28.0 Å². The van der Waals surface area contributed by atoms with E-state index in [0.717, 1.165) is 11.3 Å². The zero-order valence-electron chi connectivity index (χ0n) is 9.10. The maximum absolute atomic E-state index is 11.5. The second-order valence-corrected chi connectivity index (χ2v) is 6.25. The summed E-state index contributed by atoms with van der Waals surface area (Å²) in [5.41, 5.74) is 1.55. The molecule has 1 aromatic carbocycles. The average Bonchev–Trinajstić information content (AvgIpc) is 2.69. The van der Waals surface area contributed by atoms with Gasteiger partial charge in [0.2, 0.25) is 0 Å². The number of hydrogen-bond acceptors (Lipinski definition) is 3. The molecule has 5 nitrogen and oxygen atoms in total. The van der Waals surface area contributed by atoms with Crippen molar-refractivity contribution in [3.8, 4) is 0 Å². The minimum absolute atomic E-state index is 0.0664. The molecule has 0 saturated carbocycles. The van der Waals surface area contributed by atoms with Gasteiger partial charge in [0.15, 0.2) is 0 Å². The predicted octanol–water partition coefficient (Wildman–Crippen LogP) is 1.32. The van der Waals surface area contributed by atoms with Crippen LogP contribution >= 0.6 is 10.7 Å². The normalized spacial score (nSPS) is 14.6. The van der Waals surface area contributed by atoms with E-state index in [0.29, 0.717) is 13.0 Å². The monoisotopic (exact) mass is 274 g/mol. The Balaban J connectivity index is 2.42. The average molecular weight is 275 g/mol. The molecule has 0 aromatic heterocycles. The van der Waals surface area contributed by atoms with Gasteiger partial charge >= 0.3 is 6.03 Å². The van der Waals surface area contributed by atoms with E-state index in [1.807, 2.05) is 0 Å². The standard InChI is InChI=1S/C10H11ClN2O3S/c1-12-10(14)13-5-4-7-6-8(17(11,15)16)2-3-9(7)13/h2-3,6H,4-5H2,1H3,(H,12,14). The van der Waals surface area contributed by atoms with Crippen molar-refractivity contribution in [3.05, 3.63) is 23.8 Å². The van der Waals surface area contributed by atoms with Crippen LogP contribution in [0.25, 0.3) is 0 Å². The number of amides is 2. The first kappa shape index (κ1) is 12.2. The highest BCUT2D eigenvalue weighted by molar-refractivity contribution is 8.13. The smallest absolute Gasteiger partial charge is 0.321 e. The number of anilines is 1. The lowest BCUT2D eigenvalue weighted by molar-refractivity contribution is 0.248. The highest BCUT2D eigenvalue weighted by atomic mass is 35.7. The third kappa shape index (κ3) is 2.23. The second-order valence-electron chi connectivity index (χ2n) is 3.69. The zero-order chi connectivity index (χ0) is 12.6. The molecule has 0 saturated heterocycles. The number of rotatable bonds is 1. The van der Waals surface area contributed by atoms with Crippen LogP contribution in [0.2, 0.25) is 0 Å². The molecule has 1 aliphatic rings. The summed E-state index contributed by atoms with van der Waals surface area (Å²) in [7, 11) is 3.10. The van der Waals surface area contributed by atoms with E-state index in [1.165, 1.54) is 12.1 Å². The van der Waals surface area contributed by atoms with E-state index in [9.17, 15) is 13.2 Å². The summed E-state index contributed by atoms with van der Waals surface area (Å²) in [5, 5.41) is 2.54. The van der Waals surface area contributed by atoms with E-state index >= 15 is 0 Å². The Morgan fingerprint density at radius 1 is 1.47 bits per heavy atom. The van der Waals surface area contributed by atoms with Gasteiger partial charge in [-0.25, -0.2) is 13.2 Å². The van der Waals surface area contributed by atoms with Gasteiger partial charge in [-0.3, -0.25) is 4.90 Å². The summed E-state index contributed by atoms with van der Waals surface area (Å²) in [6, 6.07) is 4.32. The first-order chi connectivity index (χ1) is 7.93. The van der Waals surface area contributed by atoms with Gasteiger partial charge in [0, 0.05) is 30.0 Å². The molecule has 1 N–H and O–H groups in total. The summed E-state index contributed by atoms with van der Waals surface area (Å²) < 4.78 is 22.4. The lowest BCUT2D eigenvalue weighted by Crippen LogP contribution is -2.36. The van der Waals surface area contributed by atoms with Crippen LogP contribution in [0.3, 0.4) is 0 Å². The topological polar surface area (TPSA) is 66.5 Å². The van der Waals surface area contributed by atoms with Crippen LogP contribution in [0, 0.1) is 0 Å². The molecular formula is C10H11ClN2O3S. The maximum Gasteiger partial charge on any atom is 0.321 e. The van der Waals surface area contributed by atoms with Gasteiger partial charge in [-0.2, -0.15) is 0 Å². The van der Waals surface area contributed by atoms with Crippen molar-refractivity contribution in [2.45, 2.75) is 11.3 Å². The second kappa shape index (κ2) is 4.19. The van der Waals surface area contributed by atoms with Gasteiger partial charge in [-0.05, 0) is 30.2 Å². The maximum atomic E-state index is 11.5. The van der Waals surface area contributed by atoms with Crippen LogP contribution in [0.1, 0.15) is 5.56 Å². The summed E-state index contributed by atoms with van der Waals surface area (Å²) in [5.74, 6) is 0. The lowest BCUT2D eigenvalue weighted by Gasteiger charge is -2.16. The number of urea groups is 1. The van der Waals surface area contributed by atoms with Crippen molar-refractivity contribution in [2.75, 3.05) is 18.5 Å². The number of fused-ring (bicyclic) bond motifs is 1. The third-order valence-corrected chi connectivity index (χ3v) is 4.04. The molecule has 7 heteroatoms. The largest absolute Gasteiger partial charge is 0.341 e. The molecule has 0 radical (unpaired) electrons. The fourth-order valence-electron chi connectivity index (χ4n) is 1.88. The van der Waals surface area contributed by atoms with Crippen molar-refractivity contribution in [1.29, 1.82) is 0 Å². The van der Waals surface area contributed by atoms with Crippen LogP contribution < -0.4 is 10.2 Å². The number of halogens is 1. The molecule has 1 aliphatic heterocycles. The summed E-state index contributed by atoms with van der Waals surface area (Å²) >= 11 is 0. The fourth-order valence-corrected chi connectivity index (χ4v) is 2.68. The number of nitrogens with one attached hydrogen (secondary N) is 1. The molecule has 2 rings (SSSR count). The molecule has 0 spiro atoms. The van der Waals surface area contributed by atoms with Gasteiger partial charge in [0.05, 0.1) is 4.90 Å². The Morgan fingerprint density at radius 2 is 2.18 bits per heavy atom. The van der Waals surface area contributed by atoms with Gasteiger partial charge in [0.25, 0.3) is 9.05 Å². The van der Waals surface area contributed by atoms with Gasteiger partial charge in [-0.15, -0.1) is 0 Å². The highest BCUT2D eigenvalue weighted by Gasteiger charge is 2.25. The Kier molecular flexibility index (Phi) is 3.01. The van der Waals surface area contributed by atoms with Crippen molar-refractivity contribution >= 4 is 31.5 Å². The number of carbonyl (C=O) groups excluding carboxylic acids is 1. The number of nitrogens with zero attached hydrogens (tertiary/aromatic N) is 1. The van der Waals surface area contributed by atoms with E-state index in [-0.39, 0.29) is 10.9 Å². The molecule has 0 fully saturated rings. The van der Waals surface area contributed by atoms with Crippen LogP contribution in [-0.2, 0) is 15.5 Å². The zero-order valence-corrected chi connectivity index (χ0v) is 10.7. The van der Waals surface area contributed by atoms with Crippen molar-refractivity contribution in [3.63, 3.8) is 0 Å². The SMILES string of the molecule is CNC(=O)N1CCc2cc(S(=O)(=O)Cl)ccc21. The molecule has 17 heavy (non-hydrogen) atoms. The van der Waals surface area contributed by atoms with Gasteiger partial charge in [-0.1, -0.05) is 0 Å². The minimum Gasteiger partial charge on any atom is -0.341 e. The molecule has 0 aliphatic carbocycles. The first-order valence-electron chi connectivity index (χ1n) is 5.00. The van der Waals surface area contributed by atoms with E-state index in [1.54, 1.807) is 18.0 Å². The van der Waals surface area contributed by atoms with Gasteiger partial charge in [0.1, 0.15) is 0 Å². The molecule has 0 atom stereocenters. The highest BCUT2D eigenvalue weighted by Crippen LogP contribution is 2.30. The van der Waals surface area contributed by atoms with E-state index in [4.69, 9.17) is 10.7 Å². The number of hydrogen-bond donors (Lipinski definition) is 1. The fraction of sp³-hybridized carbons (Fsp3) is 0.300. The van der Waals surface area contributed by atoms with Crippen LogP contribution in [0.5, 0.6) is 0 Å². The number of carbonyl (C=O) groups is 1. The van der Waals surface area contributed by atoms with Crippen molar-refractivity contribution in [1.82, 2.24) is 5.32 Å². The Morgan fingerprint density at radius 3 is 2.76 bits per heavy atom.